The van der Waals surface area contributed by atoms with Gasteiger partial charge >= 0.3 is 10.1 Å². The maximum Gasteiger partial charge on any atom is 0.309 e. The molecule has 0 radical (unpaired) electrons. The Morgan fingerprint density at radius 3 is 2.36 bits per heavy atom. The average Bonchev–Trinajstić information content (AvgIpc) is 2.08. The van der Waals surface area contributed by atoms with Crippen LogP contribution in [0.3, 0.4) is 0 Å². The quantitative estimate of drug-likeness (QED) is 0.795. The highest BCUT2D eigenvalue weighted by molar-refractivity contribution is 9.10. The second-order valence-corrected chi connectivity index (χ2v) is 5.41. The third-order valence-electron chi connectivity index (χ3n) is 1.49. The van der Waals surface area contributed by atoms with Crippen LogP contribution in [-0.4, -0.2) is 14.2 Å². The zero-order valence-corrected chi connectivity index (χ0v) is 10.1. The van der Waals surface area contributed by atoms with Crippen LogP contribution in [0.2, 0.25) is 0 Å². The van der Waals surface area contributed by atoms with Crippen LogP contribution in [0.1, 0.15) is 13.3 Å². The van der Waals surface area contributed by atoms with Crippen LogP contribution in [0, 0.1) is 0 Å². The van der Waals surface area contributed by atoms with Crippen molar-refractivity contribution in [1.29, 1.82) is 0 Å². The van der Waals surface area contributed by atoms with Crippen molar-refractivity contribution in [1.82, 2.24) is 0 Å². The highest BCUT2D eigenvalue weighted by Crippen LogP contribution is 2.17. The molecule has 0 saturated heterocycles. The summed E-state index contributed by atoms with van der Waals surface area (Å²) in [7, 11) is -3.41. The van der Waals surface area contributed by atoms with Gasteiger partial charge in [0, 0.05) is 4.47 Å². The van der Waals surface area contributed by atoms with Crippen molar-refractivity contribution in [3.8, 4) is 5.75 Å². The van der Waals surface area contributed by atoms with Gasteiger partial charge in [0.1, 0.15) is 5.75 Å². The van der Waals surface area contributed by atoms with Crippen molar-refractivity contribution < 1.29 is 12.6 Å². The number of halogens is 1. The molecule has 0 aliphatic heterocycles. The summed E-state index contributed by atoms with van der Waals surface area (Å²) in [6.07, 6.45) is 0.554. The molecule has 14 heavy (non-hydrogen) atoms. The maximum absolute atomic E-state index is 11.3. The van der Waals surface area contributed by atoms with Crippen molar-refractivity contribution in [3.63, 3.8) is 0 Å². The lowest BCUT2D eigenvalue weighted by molar-refractivity contribution is 0.485. The molecule has 0 N–H and O–H groups in total. The Labute approximate surface area is 92.3 Å². The number of benzene rings is 1. The minimum Gasteiger partial charge on any atom is -0.382 e. The third-order valence-corrected chi connectivity index (χ3v) is 3.37. The fourth-order valence-corrected chi connectivity index (χ4v) is 2.18. The molecule has 0 amide bonds. The van der Waals surface area contributed by atoms with Crippen LogP contribution < -0.4 is 4.18 Å². The molecular formula is C9H11BrO3S. The lowest BCUT2D eigenvalue weighted by atomic mass is 10.3. The van der Waals surface area contributed by atoms with Crippen molar-refractivity contribution in [3.05, 3.63) is 28.7 Å². The first-order valence-electron chi connectivity index (χ1n) is 4.21. The number of hydrogen-bond donors (Lipinski definition) is 0. The molecule has 0 bridgehead atoms. The maximum atomic E-state index is 11.3. The van der Waals surface area contributed by atoms with Crippen LogP contribution in [0.5, 0.6) is 5.75 Å². The molecule has 0 aliphatic carbocycles. The molecule has 1 aromatic rings. The van der Waals surface area contributed by atoms with Gasteiger partial charge in [-0.05, 0) is 30.7 Å². The summed E-state index contributed by atoms with van der Waals surface area (Å²) in [6.45, 7) is 1.79. The Morgan fingerprint density at radius 1 is 1.29 bits per heavy atom. The predicted molar refractivity (Wildman–Crippen MR) is 58.8 cm³/mol. The Kier molecular flexibility index (Phi) is 3.95. The average molecular weight is 279 g/mol. The molecule has 0 spiro atoms. The number of rotatable bonds is 4. The fraction of sp³-hybridized carbons (Fsp3) is 0.333. The number of hydrogen-bond acceptors (Lipinski definition) is 3. The first kappa shape index (κ1) is 11.5. The smallest absolute Gasteiger partial charge is 0.309 e. The van der Waals surface area contributed by atoms with E-state index in [-0.39, 0.29) is 5.75 Å². The van der Waals surface area contributed by atoms with Gasteiger partial charge in [-0.2, -0.15) is 8.42 Å². The van der Waals surface area contributed by atoms with E-state index >= 15 is 0 Å². The standard InChI is InChI=1S/C9H11BrO3S/c1-2-7-14(11,12)13-9-5-3-8(10)4-6-9/h3-6H,2,7H2,1H3. The van der Waals surface area contributed by atoms with Gasteiger partial charge in [-0.15, -0.1) is 0 Å². The minimum atomic E-state index is -3.41. The van der Waals surface area contributed by atoms with Crippen LogP contribution in [0.25, 0.3) is 0 Å². The zero-order valence-electron chi connectivity index (χ0n) is 7.73. The lowest BCUT2D eigenvalue weighted by Crippen LogP contribution is -2.12. The van der Waals surface area contributed by atoms with E-state index in [4.69, 9.17) is 4.18 Å². The molecule has 0 atom stereocenters. The van der Waals surface area contributed by atoms with Crippen LogP contribution in [0.15, 0.2) is 28.7 Å². The minimum absolute atomic E-state index is 0.0447. The SMILES string of the molecule is CCCS(=O)(=O)Oc1ccc(Br)cc1. The second kappa shape index (κ2) is 4.79. The van der Waals surface area contributed by atoms with E-state index in [0.29, 0.717) is 12.2 Å². The van der Waals surface area contributed by atoms with Gasteiger partial charge in [-0.3, -0.25) is 0 Å². The van der Waals surface area contributed by atoms with E-state index in [0.717, 1.165) is 4.47 Å². The highest BCUT2D eigenvalue weighted by atomic mass is 79.9. The van der Waals surface area contributed by atoms with E-state index in [2.05, 4.69) is 15.9 Å². The van der Waals surface area contributed by atoms with E-state index in [1.54, 1.807) is 31.2 Å². The monoisotopic (exact) mass is 278 g/mol. The largest absolute Gasteiger partial charge is 0.382 e. The summed E-state index contributed by atoms with van der Waals surface area (Å²) in [4.78, 5) is 0. The Morgan fingerprint density at radius 2 is 1.86 bits per heavy atom. The molecule has 0 heterocycles. The molecule has 0 fully saturated rings. The topological polar surface area (TPSA) is 43.4 Å². The van der Waals surface area contributed by atoms with Gasteiger partial charge < -0.3 is 4.18 Å². The molecule has 78 valence electrons. The Balaban J connectivity index is 2.74. The Hall–Kier alpha value is -0.550. The zero-order chi connectivity index (χ0) is 10.6. The van der Waals surface area contributed by atoms with Gasteiger partial charge in [0.25, 0.3) is 0 Å². The van der Waals surface area contributed by atoms with Crippen LogP contribution >= 0.6 is 15.9 Å². The molecule has 5 heteroatoms. The van der Waals surface area contributed by atoms with Gasteiger partial charge in [0.15, 0.2) is 0 Å². The van der Waals surface area contributed by atoms with Gasteiger partial charge in [0.05, 0.1) is 5.75 Å². The van der Waals surface area contributed by atoms with E-state index < -0.39 is 10.1 Å². The summed E-state index contributed by atoms with van der Waals surface area (Å²) in [5.74, 6) is 0.393. The van der Waals surface area contributed by atoms with E-state index in [1.165, 1.54) is 0 Å². The first-order chi connectivity index (χ1) is 6.53. The summed E-state index contributed by atoms with van der Waals surface area (Å²) < 4.78 is 28.2. The molecule has 0 unspecified atom stereocenters. The summed E-state index contributed by atoms with van der Waals surface area (Å²) in [6, 6.07) is 6.68. The van der Waals surface area contributed by atoms with Crippen molar-refractivity contribution in [2.24, 2.45) is 0 Å². The fourth-order valence-electron chi connectivity index (χ4n) is 0.928. The molecule has 0 saturated carbocycles. The highest BCUT2D eigenvalue weighted by Gasteiger charge is 2.10. The summed E-state index contributed by atoms with van der Waals surface area (Å²) in [5.41, 5.74) is 0. The van der Waals surface area contributed by atoms with E-state index in [1.807, 2.05) is 0 Å². The third kappa shape index (κ3) is 3.67. The van der Waals surface area contributed by atoms with E-state index in [9.17, 15) is 8.42 Å². The van der Waals surface area contributed by atoms with Gasteiger partial charge in [-0.25, -0.2) is 0 Å². The van der Waals surface area contributed by atoms with Crippen LogP contribution in [-0.2, 0) is 10.1 Å². The molecule has 1 rings (SSSR count). The molecule has 0 aliphatic rings. The summed E-state index contributed by atoms with van der Waals surface area (Å²) in [5, 5.41) is 0. The normalized spacial score (nSPS) is 11.3. The van der Waals surface area contributed by atoms with Crippen molar-refractivity contribution >= 4 is 26.0 Å². The lowest BCUT2D eigenvalue weighted by Gasteiger charge is -2.05. The van der Waals surface area contributed by atoms with Gasteiger partial charge in [-0.1, -0.05) is 22.9 Å². The second-order valence-electron chi connectivity index (χ2n) is 2.80. The van der Waals surface area contributed by atoms with Crippen LogP contribution in [0.4, 0.5) is 0 Å². The predicted octanol–water partition coefficient (Wildman–Crippen LogP) is 2.57. The van der Waals surface area contributed by atoms with Crippen molar-refractivity contribution in [2.75, 3.05) is 5.75 Å². The molecule has 0 aromatic heterocycles. The summed E-state index contributed by atoms with van der Waals surface area (Å²) >= 11 is 3.25. The first-order valence-corrected chi connectivity index (χ1v) is 6.58. The molecular weight excluding hydrogens is 268 g/mol. The van der Waals surface area contributed by atoms with Crippen molar-refractivity contribution in [2.45, 2.75) is 13.3 Å². The molecule has 3 nitrogen and oxygen atoms in total. The Bertz CT molecular complexity index is 383. The van der Waals surface area contributed by atoms with Gasteiger partial charge in [0.2, 0.25) is 0 Å². The molecule has 1 aromatic carbocycles.